The minimum atomic E-state index is -0.316. The summed E-state index contributed by atoms with van der Waals surface area (Å²) in [6, 6.07) is 5.57. The molecule has 0 saturated heterocycles. The van der Waals surface area contributed by atoms with Crippen LogP contribution in [0.2, 0.25) is 0 Å². The third-order valence-electron chi connectivity index (χ3n) is 3.72. The van der Waals surface area contributed by atoms with E-state index in [0.717, 1.165) is 28.2 Å². The Hall–Kier alpha value is -2.08. The first kappa shape index (κ1) is 14.8. The van der Waals surface area contributed by atoms with Crippen LogP contribution in [0.25, 0.3) is 11.0 Å². The largest absolute Gasteiger partial charge is 0.423 e. The van der Waals surface area contributed by atoms with Gasteiger partial charge in [-0.25, -0.2) is 4.79 Å². The summed E-state index contributed by atoms with van der Waals surface area (Å²) < 4.78 is 7.30. The number of thioether (sulfide) groups is 1. The van der Waals surface area contributed by atoms with E-state index in [2.05, 4.69) is 23.2 Å². The molecule has 2 heterocycles. The smallest absolute Gasteiger partial charge is 0.336 e. The molecule has 5 nitrogen and oxygen atoms in total. The van der Waals surface area contributed by atoms with Crippen LogP contribution in [-0.2, 0) is 12.3 Å². The molecular weight excluding hydrogens is 298 g/mol. The summed E-state index contributed by atoms with van der Waals surface area (Å²) in [5, 5.41) is 9.87. The Kier molecular flexibility index (Phi) is 4.02. The summed E-state index contributed by atoms with van der Waals surface area (Å²) in [4.78, 5) is 11.8. The lowest BCUT2D eigenvalue weighted by Crippen LogP contribution is -2.01. The lowest BCUT2D eigenvalue weighted by Gasteiger charge is -2.08. The quantitative estimate of drug-likeness (QED) is 0.546. The number of nitrogens with zero attached hydrogens (tertiary/aromatic N) is 3. The van der Waals surface area contributed by atoms with Gasteiger partial charge in [-0.2, -0.15) is 0 Å². The third kappa shape index (κ3) is 2.78. The van der Waals surface area contributed by atoms with Gasteiger partial charge in [-0.05, 0) is 49.6 Å². The molecule has 0 aliphatic heterocycles. The van der Waals surface area contributed by atoms with Crippen LogP contribution in [0.1, 0.15) is 23.6 Å². The van der Waals surface area contributed by atoms with Crippen LogP contribution in [-0.4, -0.2) is 14.8 Å². The van der Waals surface area contributed by atoms with Gasteiger partial charge in [-0.1, -0.05) is 11.8 Å². The van der Waals surface area contributed by atoms with Gasteiger partial charge in [0.15, 0.2) is 5.16 Å². The molecule has 1 aromatic carbocycles. The van der Waals surface area contributed by atoms with Crippen LogP contribution in [0.5, 0.6) is 0 Å². The summed E-state index contributed by atoms with van der Waals surface area (Å²) >= 11 is 1.57. The van der Waals surface area contributed by atoms with E-state index in [4.69, 9.17) is 4.42 Å². The number of benzene rings is 1. The maximum absolute atomic E-state index is 11.8. The maximum atomic E-state index is 11.8. The van der Waals surface area contributed by atoms with Crippen molar-refractivity contribution in [3.8, 4) is 0 Å². The van der Waals surface area contributed by atoms with Gasteiger partial charge in [0.05, 0.1) is 0 Å². The van der Waals surface area contributed by atoms with Crippen LogP contribution in [0, 0.1) is 13.8 Å². The van der Waals surface area contributed by atoms with Crippen molar-refractivity contribution in [1.29, 1.82) is 0 Å². The van der Waals surface area contributed by atoms with Crippen LogP contribution in [0.4, 0.5) is 0 Å². The Morgan fingerprint density at radius 3 is 2.77 bits per heavy atom. The van der Waals surface area contributed by atoms with Crippen molar-refractivity contribution in [2.24, 2.45) is 0 Å². The van der Waals surface area contributed by atoms with Gasteiger partial charge in [0.25, 0.3) is 0 Å². The van der Waals surface area contributed by atoms with Gasteiger partial charge < -0.3 is 8.98 Å². The highest BCUT2D eigenvalue weighted by Gasteiger charge is 2.10. The molecule has 0 saturated carbocycles. The second-order valence-corrected chi connectivity index (χ2v) is 6.15. The number of rotatable bonds is 4. The summed E-state index contributed by atoms with van der Waals surface area (Å²) in [5.74, 6) is 0.656. The fraction of sp³-hybridized carbons (Fsp3) is 0.312. The minimum Gasteiger partial charge on any atom is -0.423 e. The van der Waals surface area contributed by atoms with Gasteiger partial charge >= 0.3 is 5.63 Å². The lowest BCUT2D eigenvalue weighted by molar-refractivity contribution is 0.559. The molecule has 22 heavy (non-hydrogen) atoms. The molecule has 0 spiro atoms. The molecule has 114 valence electrons. The number of fused-ring (bicyclic) bond motifs is 1. The van der Waals surface area contributed by atoms with Crippen LogP contribution >= 0.6 is 11.8 Å². The lowest BCUT2D eigenvalue weighted by atomic mass is 10.0. The molecular formula is C16H17N3O2S. The highest BCUT2D eigenvalue weighted by Crippen LogP contribution is 2.27. The highest BCUT2D eigenvalue weighted by molar-refractivity contribution is 7.98. The first-order chi connectivity index (χ1) is 10.6. The topological polar surface area (TPSA) is 60.9 Å². The first-order valence-corrected chi connectivity index (χ1v) is 8.11. The van der Waals surface area contributed by atoms with E-state index in [0.29, 0.717) is 11.3 Å². The monoisotopic (exact) mass is 315 g/mol. The number of hydrogen-bond acceptors (Lipinski definition) is 5. The minimum absolute atomic E-state index is 0.316. The molecule has 2 aromatic heterocycles. The summed E-state index contributed by atoms with van der Waals surface area (Å²) in [7, 11) is 0. The SMILES string of the molecule is CCn1cnnc1SCc1cc(=O)oc2cc(C)c(C)cc12. The van der Waals surface area contributed by atoms with Gasteiger partial charge in [-0.3, -0.25) is 0 Å². The van der Waals surface area contributed by atoms with E-state index in [9.17, 15) is 4.79 Å². The molecule has 0 amide bonds. The molecule has 6 heteroatoms. The van der Waals surface area contributed by atoms with E-state index < -0.39 is 0 Å². The van der Waals surface area contributed by atoms with E-state index in [1.54, 1.807) is 24.2 Å². The predicted octanol–water partition coefficient (Wildman–Crippen LogP) is 3.31. The average Bonchev–Trinajstić information content (AvgIpc) is 2.94. The predicted molar refractivity (Wildman–Crippen MR) is 87.2 cm³/mol. The third-order valence-corrected chi connectivity index (χ3v) is 4.75. The molecule has 3 aromatic rings. The Morgan fingerprint density at radius 2 is 2.00 bits per heavy atom. The van der Waals surface area contributed by atoms with Crippen molar-refractivity contribution in [1.82, 2.24) is 14.8 Å². The van der Waals surface area contributed by atoms with E-state index in [-0.39, 0.29) is 5.63 Å². The summed E-state index contributed by atoms with van der Waals surface area (Å²) in [5.41, 5.74) is 3.59. The Balaban J connectivity index is 1.99. The number of hydrogen-bond donors (Lipinski definition) is 0. The van der Waals surface area contributed by atoms with Gasteiger partial charge in [0.1, 0.15) is 11.9 Å². The van der Waals surface area contributed by atoms with Crippen LogP contribution in [0.3, 0.4) is 0 Å². The molecule has 3 rings (SSSR count). The zero-order valence-electron chi connectivity index (χ0n) is 12.8. The van der Waals surface area contributed by atoms with Crippen molar-refractivity contribution in [2.75, 3.05) is 0 Å². The van der Waals surface area contributed by atoms with Gasteiger partial charge in [0.2, 0.25) is 0 Å². The van der Waals surface area contributed by atoms with Crippen molar-refractivity contribution in [3.05, 3.63) is 51.6 Å². The first-order valence-electron chi connectivity index (χ1n) is 7.13. The standard InChI is InChI=1S/C16H17N3O2S/c1-4-19-9-17-18-16(19)22-8-12-7-15(20)21-14-6-11(3)10(2)5-13(12)14/h5-7,9H,4,8H2,1-3H3. The van der Waals surface area contributed by atoms with Crippen LogP contribution < -0.4 is 5.63 Å². The Labute approximate surface area is 132 Å². The fourth-order valence-electron chi connectivity index (χ4n) is 2.32. The van der Waals surface area contributed by atoms with E-state index in [1.807, 2.05) is 24.5 Å². The van der Waals surface area contributed by atoms with Crippen molar-refractivity contribution >= 4 is 22.7 Å². The number of aromatic nitrogens is 3. The zero-order valence-corrected chi connectivity index (χ0v) is 13.6. The fourth-order valence-corrected chi connectivity index (χ4v) is 3.29. The van der Waals surface area contributed by atoms with E-state index >= 15 is 0 Å². The van der Waals surface area contributed by atoms with E-state index in [1.165, 1.54) is 5.56 Å². The second kappa shape index (κ2) is 5.96. The molecule has 0 N–H and O–H groups in total. The second-order valence-electron chi connectivity index (χ2n) is 5.21. The molecule has 0 radical (unpaired) electrons. The van der Waals surface area contributed by atoms with Crippen molar-refractivity contribution in [3.63, 3.8) is 0 Å². The van der Waals surface area contributed by atoms with Crippen molar-refractivity contribution < 1.29 is 4.42 Å². The van der Waals surface area contributed by atoms with Gasteiger partial charge in [0, 0.05) is 23.8 Å². The Bertz CT molecular complexity index is 883. The molecule has 0 aliphatic rings. The Morgan fingerprint density at radius 1 is 1.23 bits per heavy atom. The molecule has 0 atom stereocenters. The summed E-state index contributed by atoms with van der Waals surface area (Å²) in [6.07, 6.45) is 1.72. The zero-order chi connectivity index (χ0) is 15.7. The molecule has 0 aliphatic carbocycles. The highest BCUT2D eigenvalue weighted by atomic mass is 32.2. The van der Waals surface area contributed by atoms with Gasteiger partial charge in [-0.15, -0.1) is 10.2 Å². The molecule has 0 bridgehead atoms. The van der Waals surface area contributed by atoms with Crippen LogP contribution in [0.15, 0.2) is 38.9 Å². The molecule has 0 fully saturated rings. The van der Waals surface area contributed by atoms with Crippen molar-refractivity contribution in [2.45, 2.75) is 38.2 Å². The number of aryl methyl sites for hydroxylation is 3. The maximum Gasteiger partial charge on any atom is 0.336 e. The average molecular weight is 315 g/mol. The summed E-state index contributed by atoms with van der Waals surface area (Å²) in [6.45, 7) is 6.95. The molecule has 0 unspecified atom stereocenters. The normalized spacial score (nSPS) is 11.2.